The summed E-state index contributed by atoms with van der Waals surface area (Å²) >= 11 is 0. The van der Waals surface area contributed by atoms with Gasteiger partial charge in [-0.05, 0) is 27.2 Å². The molecule has 1 unspecified atom stereocenters. The largest absolute Gasteiger partial charge is 0.480 e. The van der Waals surface area contributed by atoms with E-state index < -0.39 is 47.9 Å². The summed E-state index contributed by atoms with van der Waals surface area (Å²) in [6, 6.07) is 0. The molecule has 0 aromatic carbocycles. The van der Waals surface area contributed by atoms with Crippen molar-refractivity contribution in [1.82, 2.24) is 4.90 Å². The fraction of sp³-hybridized carbons (Fsp3) is 0.769. The van der Waals surface area contributed by atoms with Crippen LogP contribution in [0.3, 0.4) is 0 Å². The van der Waals surface area contributed by atoms with Crippen molar-refractivity contribution in [2.45, 2.75) is 45.6 Å². The summed E-state index contributed by atoms with van der Waals surface area (Å²) in [6.45, 7) is 4.20. The minimum absolute atomic E-state index is 0.337. The van der Waals surface area contributed by atoms with Crippen LogP contribution in [0.4, 0.5) is 13.6 Å². The van der Waals surface area contributed by atoms with Gasteiger partial charge in [-0.2, -0.15) is 8.78 Å². The highest BCUT2D eigenvalue weighted by Crippen LogP contribution is 2.38. The molecule has 0 spiro atoms. The van der Waals surface area contributed by atoms with E-state index in [9.17, 15) is 28.3 Å². The van der Waals surface area contributed by atoms with Crippen molar-refractivity contribution in [3.8, 4) is 0 Å². The Bertz CT molecular complexity index is 472. The van der Waals surface area contributed by atoms with E-state index in [0.717, 1.165) is 0 Å². The molecule has 0 bridgehead atoms. The van der Waals surface area contributed by atoms with Gasteiger partial charge in [0.1, 0.15) is 11.0 Å². The highest BCUT2D eigenvalue weighted by Gasteiger charge is 2.61. The smallest absolute Gasteiger partial charge is 0.410 e. The second kappa shape index (κ2) is 5.23. The monoisotopic (exact) mass is 307 g/mol. The van der Waals surface area contributed by atoms with Crippen molar-refractivity contribution in [3.05, 3.63) is 0 Å². The second-order valence-corrected chi connectivity index (χ2v) is 6.11. The van der Waals surface area contributed by atoms with Gasteiger partial charge in [-0.1, -0.05) is 6.92 Å². The summed E-state index contributed by atoms with van der Waals surface area (Å²) in [6.07, 6.45) is -1.40. The maximum atomic E-state index is 13.8. The maximum absolute atomic E-state index is 13.8. The maximum Gasteiger partial charge on any atom is 0.410 e. The van der Waals surface area contributed by atoms with Gasteiger partial charge in [0, 0.05) is 6.54 Å². The van der Waals surface area contributed by atoms with Crippen molar-refractivity contribution in [3.63, 3.8) is 0 Å². The Kier molecular flexibility index (Phi) is 4.32. The number of carbonyl (C=O) groups excluding carboxylic acids is 2. The SMILES string of the molecule is CCC1(C(=O)O)CN(C(=O)OC(C)(C)C)CC(F)(F)C1=O. The molecule has 0 aromatic rings. The Hall–Kier alpha value is -1.73. The van der Waals surface area contributed by atoms with E-state index in [1.807, 2.05) is 0 Å². The number of carbonyl (C=O) groups is 3. The molecule has 0 saturated carbocycles. The zero-order valence-corrected chi connectivity index (χ0v) is 12.4. The molecular weight excluding hydrogens is 288 g/mol. The molecular formula is C13H19F2NO5. The van der Waals surface area contributed by atoms with Crippen LogP contribution < -0.4 is 0 Å². The third-order valence-electron chi connectivity index (χ3n) is 3.28. The van der Waals surface area contributed by atoms with Gasteiger partial charge >= 0.3 is 18.0 Å². The number of carboxylic acids is 1. The highest BCUT2D eigenvalue weighted by atomic mass is 19.3. The first-order valence-electron chi connectivity index (χ1n) is 6.50. The minimum atomic E-state index is -3.91. The second-order valence-electron chi connectivity index (χ2n) is 6.11. The standard InChI is InChI=1S/C13H19F2NO5/c1-5-12(9(18)19)6-16(7-13(14,15)8(12)17)10(20)21-11(2,3)4/h5-7H2,1-4H3,(H,18,19). The average molecular weight is 307 g/mol. The molecule has 1 aliphatic rings. The van der Waals surface area contributed by atoms with Gasteiger partial charge in [-0.15, -0.1) is 0 Å². The molecule has 1 heterocycles. The fourth-order valence-corrected chi connectivity index (χ4v) is 2.16. The Labute approximate surface area is 121 Å². The number of halogens is 2. The zero-order chi connectivity index (χ0) is 16.6. The summed E-state index contributed by atoms with van der Waals surface area (Å²) in [5.41, 5.74) is -3.22. The number of nitrogens with zero attached hydrogens (tertiary/aromatic N) is 1. The normalized spacial score (nSPS) is 25.6. The number of hydrogen-bond acceptors (Lipinski definition) is 4. The van der Waals surface area contributed by atoms with Crippen LogP contribution in [0.5, 0.6) is 0 Å². The predicted molar refractivity (Wildman–Crippen MR) is 68.1 cm³/mol. The third-order valence-corrected chi connectivity index (χ3v) is 3.28. The van der Waals surface area contributed by atoms with E-state index in [-0.39, 0.29) is 6.42 Å². The Morgan fingerprint density at radius 3 is 2.24 bits per heavy atom. The van der Waals surface area contributed by atoms with E-state index in [2.05, 4.69) is 0 Å². The third kappa shape index (κ3) is 3.30. The number of carboxylic acid groups (broad SMARTS) is 1. The number of piperidine rings is 1. The van der Waals surface area contributed by atoms with Crippen molar-refractivity contribution < 1.29 is 33.0 Å². The lowest BCUT2D eigenvalue weighted by atomic mass is 9.75. The molecule has 120 valence electrons. The number of rotatable bonds is 2. The van der Waals surface area contributed by atoms with Gasteiger partial charge in [0.15, 0.2) is 0 Å². The van der Waals surface area contributed by atoms with Crippen molar-refractivity contribution in [2.24, 2.45) is 5.41 Å². The lowest BCUT2D eigenvalue weighted by molar-refractivity contribution is -0.178. The topological polar surface area (TPSA) is 83.9 Å². The van der Waals surface area contributed by atoms with Gasteiger partial charge in [0.2, 0.25) is 5.78 Å². The molecule has 1 N–H and O–H groups in total. The first-order chi connectivity index (χ1) is 9.35. The lowest BCUT2D eigenvalue weighted by Crippen LogP contribution is -2.64. The van der Waals surface area contributed by atoms with Crippen molar-refractivity contribution in [2.75, 3.05) is 13.1 Å². The number of aliphatic carboxylic acids is 1. The van der Waals surface area contributed by atoms with E-state index in [0.29, 0.717) is 4.90 Å². The predicted octanol–water partition coefficient (Wildman–Crippen LogP) is 1.92. The number of likely N-dealkylation sites (tertiary alicyclic amines) is 1. The van der Waals surface area contributed by atoms with Crippen molar-refractivity contribution in [1.29, 1.82) is 0 Å². The van der Waals surface area contributed by atoms with E-state index in [4.69, 9.17) is 4.74 Å². The Morgan fingerprint density at radius 2 is 1.86 bits per heavy atom. The summed E-state index contributed by atoms with van der Waals surface area (Å²) in [5, 5.41) is 9.19. The summed E-state index contributed by atoms with van der Waals surface area (Å²) < 4.78 is 32.6. The Morgan fingerprint density at radius 1 is 1.33 bits per heavy atom. The summed E-state index contributed by atoms with van der Waals surface area (Å²) in [4.78, 5) is 35.6. The molecule has 1 rings (SSSR count). The number of alkyl halides is 2. The van der Waals surface area contributed by atoms with Crippen LogP contribution in [0, 0.1) is 5.41 Å². The number of amides is 1. The van der Waals surface area contributed by atoms with Crippen LogP contribution in [-0.4, -0.2) is 52.5 Å². The van der Waals surface area contributed by atoms with E-state index in [1.54, 1.807) is 20.8 Å². The molecule has 8 heteroatoms. The molecule has 6 nitrogen and oxygen atoms in total. The van der Waals surface area contributed by atoms with Crippen LogP contribution in [0.1, 0.15) is 34.1 Å². The summed E-state index contributed by atoms with van der Waals surface area (Å²) in [7, 11) is 0. The quantitative estimate of drug-likeness (QED) is 0.788. The highest BCUT2D eigenvalue weighted by molar-refractivity contribution is 6.08. The van der Waals surface area contributed by atoms with Gasteiger partial charge in [0.05, 0.1) is 6.54 Å². The lowest BCUT2D eigenvalue weighted by Gasteiger charge is -2.41. The van der Waals surface area contributed by atoms with E-state index >= 15 is 0 Å². The van der Waals surface area contributed by atoms with Gasteiger partial charge < -0.3 is 14.7 Å². The summed E-state index contributed by atoms with van der Waals surface area (Å²) in [5.74, 6) is -7.24. The number of Topliss-reactive ketones (excluding diaryl/α,β-unsaturated/α-hetero) is 1. The molecule has 1 atom stereocenters. The first kappa shape index (κ1) is 17.3. The van der Waals surface area contributed by atoms with Crippen LogP contribution in [0.2, 0.25) is 0 Å². The molecule has 21 heavy (non-hydrogen) atoms. The molecule has 0 aromatic heterocycles. The van der Waals surface area contributed by atoms with Crippen LogP contribution in [-0.2, 0) is 14.3 Å². The molecule has 1 fully saturated rings. The van der Waals surface area contributed by atoms with Crippen LogP contribution >= 0.6 is 0 Å². The zero-order valence-electron chi connectivity index (χ0n) is 12.4. The minimum Gasteiger partial charge on any atom is -0.480 e. The van der Waals surface area contributed by atoms with Gasteiger partial charge in [-0.3, -0.25) is 9.59 Å². The Balaban J connectivity index is 3.14. The molecule has 0 radical (unpaired) electrons. The molecule has 0 aliphatic carbocycles. The number of hydrogen-bond donors (Lipinski definition) is 1. The molecule has 1 aliphatic heterocycles. The number of ether oxygens (including phenoxy) is 1. The van der Waals surface area contributed by atoms with Gasteiger partial charge in [-0.25, -0.2) is 4.79 Å². The van der Waals surface area contributed by atoms with Crippen molar-refractivity contribution >= 4 is 17.8 Å². The van der Waals surface area contributed by atoms with Crippen LogP contribution in [0.25, 0.3) is 0 Å². The first-order valence-corrected chi connectivity index (χ1v) is 6.50. The number of ketones is 1. The molecule has 1 amide bonds. The van der Waals surface area contributed by atoms with Crippen LogP contribution in [0.15, 0.2) is 0 Å². The fourth-order valence-electron chi connectivity index (χ4n) is 2.16. The van der Waals surface area contributed by atoms with Gasteiger partial charge in [0.25, 0.3) is 0 Å². The average Bonchev–Trinajstić information content (AvgIpc) is 2.29. The molecule has 1 saturated heterocycles. The van der Waals surface area contributed by atoms with E-state index in [1.165, 1.54) is 6.92 Å².